The Hall–Kier alpha value is -1.51. The highest BCUT2D eigenvalue weighted by molar-refractivity contribution is 7.95. The van der Waals surface area contributed by atoms with Crippen LogP contribution in [0.25, 0.3) is 0 Å². The smallest absolute Gasteiger partial charge is 0.205 e. The van der Waals surface area contributed by atoms with Gasteiger partial charge in [0, 0.05) is 5.75 Å². The average Bonchev–Trinajstić information content (AvgIpc) is 2.90. The first kappa shape index (κ1) is 28.5. The van der Waals surface area contributed by atoms with Gasteiger partial charge in [0.2, 0.25) is 8.32 Å². The predicted molar refractivity (Wildman–Crippen MR) is 153 cm³/mol. The van der Waals surface area contributed by atoms with Crippen molar-refractivity contribution < 1.29 is 23.6 Å². The molecule has 0 amide bonds. The van der Waals surface area contributed by atoms with Crippen molar-refractivity contribution in [3.8, 4) is 11.5 Å². The van der Waals surface area contributed by atoms with Gasteiger partial charge in [-0.1, -0.05) is 42.8 Å². The summed E-state index contributed by atoms with van der Waals surface area (Å²) < 4.78 is 18.5. The minimum absolute atomic E-state index is 0.104. The fourth-order valence-electron chi connectivity index (χ4n) is 5.54. The van der Waals surface area contributed by atoms with E-state index in [2.05, 4.69) is 13.1 Å². The number of para-hydroxylation sites is 2. The summed E-state index contributed by atoms with van der Waals surface area (Å²) in [5.74, 6) is 3.76. The van der Waals surface area contributed by atoms with Crippen LogP contribution in [0.4, 0.5) is 0 Å². The van der Waals surface area contributed by atoms with E-state index in [0.717, 1.165) is 74.7 Å². The summed E-state index contributed by atoms with van der Waals surface area (Å²) in [6.07, 6.45) is 6.78. The lowest BCUT2D eigenvalue weighted by atomic mass is 9.84. The van der Waals surface area contributed by atoms with E-state index in [4.69, 9.17) is 13.3 Å². The fourth-order valence-corrected chi connectivity index (χ4v) is 9.02. The monoisotopic (exact) mass is 544 g/mol. The molecule has 0 radical (unpaired) electrons. The minimum Gasteiger partial charge on any atom is -0.488 e. The Morgan fingerprint density at radius 1 is 0.730 bits per heavy atom. The summed E-state index contributed by atoms with van der Waals surface area (Å²) in [4.78, 5) is 0. The molecule has 0 aliphatic heterocycles. The quantitative estimate of drug-likeness (QED) is 0.173. The number of aliphatic hydroxyl groups is 2. The standard InChI is InChI=1S/C30H44O5SSi/c1-37(2,20-18-24-13-15-27(31)30(22-24)34-26-11-7-4-8-12-26)35-36-19-17-23-14-16-29(28(32)21-23)33-25-9-5-3-6-10-25/h3-12,23-24,27-32H,13-22H2,1-2H3. The third kappa shape index (κ3) is 9.32. The van der Waals surface area contributed by atoms with E-state index in [-0.39, 0.29) is 18.3 Å². The summed E-state index contributed by atoms with van der Waals surface area (Å²) in [5, 5.41) is 21.1. The summed E-state index contributed by atoms with van der Waals surface area (Å²) in [7, 11) is -1.76. The molecule has 0 heterocycles. The van der Waals surface area contributed by atoms with E-state index in [1.807, 2.05) is 60.7 Å². The van der Waals surface area contributed by atoms with Crippen molar-refractivity contribution in [3.63, 3.8) is 0 Å². The Kier molecular flexibility index (Phi) is 10.8. The molecule has 0 aromatic heterocycles. The van der Waals surface area contributed by atoms with E-state index in [0.29, 0.717) is 11.8 Å². The molecule has 2 N–H and O–H groups in total. The molecule has 2 aromatic rings. The highest BCUT2D eigenvalue weighted by atomic mass is 32.2. The molecule has 0 spiro atoms. The summed E-state index contributed by atoms with van der Waals surface area (Å²) in [6, 6.07) is 20.8. The number of aliphatic hydroxyl groups excluding tert-OH is 2. The molecular weight excluding hydrogens is 500 g/mol. The van der Waals surface area contributed by atoms with Crippen molar-refractivity contribution in [3.05, 3.63) is 60.7 Å². The Labute approximate surface area is 228 Å². The normalized spacial score (nSPS) is 28.5. The summed E-state index contributed by atoms with van der Waals surface area (Å²) >= 11 is 1.63. The first-order valence-electron chi connectivity index (χ1n) is 14.0. The molecule has 6 unspecified atom stereocenters. The molecule has 37 heavy (non-hydrogen) atoms. The molecule has 2 aliphatic carbocycles. The molecule has 0 bridgehead atoms. The number of ether oxygens (including phenoxy) is 2. The second-order valence-corrected chi connectivity index (χ2v) is 16.8. The molecule has 2 fully saturated rings. The van der Waals surface area contributed by atoms with E-state index in [1.54, 1.807) is 12.0 Å². The molecule has 6 atom stereocenters. The second-order valence-electron chi connectivity index (χ2n) is 11.4. The minimum atomic E-state index is -1.76. The number of hydrogen-bond donors (Lipinski definition) is 2. The lowest BCUT2D eigenvalue weighted by Crippen LogP contribution is -2.39. The van der Waals surface area contributed by atoms with E-state index < -0.39 is 14.4 Å². The van der Waals surface area contributed by atoms with Crippen LogP contribution in [-0.4, -0.2) is 48.7 Å². The van der Waals surface area contributed by atoms with E-state index in [9.17, 15) is 10.2 Å². The van der Waals surface area contributed by atoms with Gasteiger partial charge in [0.1, 0.15) is 23.7 Å². The van der Waals surface area contributed by atoms with Crippen LogP contribution in [0.15, 0.2) is 60.7 Å². The van der Waals surface area contributed by atoms with Crippen LogP contribution in [0.5, 0.6) is 11.5 Å². The number of rotatable bonds is 12. The maximum atomic E-state index is 10.6. The predicted octanol–water partition coefficient (Wildman–Crippen LogP) is 6.85. The van der Waals surface area contributed by atoms with Crippen molar-refractivity contribution in [1.29, 1.82) is 0 Å². The fraction of sp³-hybridized carbons (Fsp3) is 0.600. The van der Waals surface area contributed by atoms with Gasteiger partial charge >= 0.3 is 0 Å². The van der Waals surface area contributed by atoms with Crippen LogP contribution in [0.2, 0.25) is 19.1 Å². The van der Waals surface area contributed by atoms with Crippen molar-refractivity contribution >= 4 is 20.4 Å². The molecule has 4 rings (SSSR count). The van der Waals surface area contributed by atoms with Crippen molar-refractivity contribution in [2.75, 3.05) is 5.75 Å². The van der Waals surface area contributed by atoms with Gasteiger partial charge in [-0.25, -0.2) is 0 Å². The molecule has 204 valence electrons. The van der Waals surface area contributed by atoms with Crippen LogP contribution in [0.1, 0.15) is 51.4 Å². The molecule has 2 aliphatic rings. The molecule has 7 heteroatoms. The topological polar surface area (TPSA) is 68.2 Å². The van der Waals surface area contributed by atoms with Crippen molar-refractivity contribution in [2.45, 2.75) is 94.9 Å². The van der Waals surface area contributed by atoms with Crippen LogP contribution in [-0.2, 0) is 3.87 Å². The van der Waals surface area contributed by atoms with Gasteiger partial charge in [0.05, 0.1) is 12.2 Å². The van der Waals surface area contributed by atoms with Gasteiger partial charge in [0.25, 0.3) is 0 Å². The second kappa shape index (κ2) is 14.0. The molecular formula is C30H44O5SSi. The summed E-state index contributed by atoms with van der Waals surface area (Å²) in [5.41, 5.74) is 0. The van der Waals surface area contributed by atoms with Crippen molar-refractivity contribution in [2.24, 2.45) is 11.8 Å². The molecule has 0 saturated heterocycles. The van der Waals surface area contributed by atoms with E-state index >= 15 is 0 Å². The van der Waals surface area contributed by atoms with E-state index in [1.165, 1.54) is 0 Å². The highest BCUT2D eigenvalue weighted by Gasteiger charge is 2.33. The van der Waals surface area contributed by atoms with Gasteiger partial charge in [0.15, 0.2) is 0 Å². The third-order valence-corrected chi connectivity index (χ3v) is 12.0. The Morgan fingerprint density at radius 2 is 1.32 bits per heavy atom. The average molecular weight is 545 g/mol. The lowest BCUT2D eigenvalue weighted by molar-refractivity contribution is -0.0112. The van der Waals surface area contributed by atoms with Gasteiger partial charge in [-0.05, 0) is 112 Å². The van der Waals surface area contributed by atoms with Gasteiger partial charge in [-0.2, -0.15) is 0 Å². The molecule has 2 saturated carbocycles. The lowest BCUT2D eigenvalue weighted by Gasteiger charge is -2.35. The van der Waals surface area contributed by atoms with Crippen LogP contribution in [0, 0.1) is 11.8 Å². The van der Waals surface area contributed by atoms with Gasteiger partial charge in [-0.3, -0.25) is 0 Å². The zero-order valence-corrected chi connectivity index (χ0v) is 24.2. The maximum Gasteiger partial charge on any atom is 0.205 e. The van der Waals surface area contributed by atoms with Gasteiger partial charge in [-0.15, -0.1) is 0 Å². The largest absolute Gasteiger partial charge is 0.488 e. The first-order valence-corrected chi connectivity index (χ1v) is 18.0. The van der Waals surface area contributed by atoms with Crippen LogP contribution >= 0.6 is 12.0 Å². The number of hydrogen-bond acceptors (Lipinski definition) is 6. The molecule has 2 aromatic carbocycles. The zero-order valence-electron chi connectivity index (χ0n) is 22.3. The maximum absolute atomic E-state index is 10.6. The van der Waals surface area contributed by atoms with Crippen molar-refractivity contribution in [1.82, 2.24) is 0 Å². The SMILES string of the molecule is C[Si](C)(CCC1CCC(O)C(Oc2ccccc2)C1)OSCCC1CCC(Oc2ccccc2)C(O)C1. The van der Waals surface area contributed by atoms with Gasteiger partial charge < -0.3 is 23.6 Å². The highest BCUT2D eigenvalue weighted by Crippen LogP contribution is 2.35. The Morgan fingerprint density at radius 3 is 1.97 bits per heavy atom. The number of benzene rings is 2. The zero-order chi connectivity index (χ0) is 26.1. The summed E-state index contributed by atoms with van der Waals surface area (Å²) in [6.45, 7) is 4.62. The Balaban J connectivity index is 1.11. The molecule has 5 nitrogen and oxygen atoms in total. The Bertz CT molecular complexity index is 915. The third-order valence-electron chi connectivity index (χ3n) is 7.84. The van der Waals surface area contributed by atoms with Crippen LogP contribution in [0.3, 0.4) is 0 Å². The van der Waals surface area contributed by atoms with Crippen LogP contribution < -0.4 is 9.47 Å². The first-order chi connectivity index (χ1) is 17.9.